The largest absolute Gasteiger partial charge is 0.465 e. The molecule has 22 heavy (non-hydrogen) atoms. The molecule has 2 aromatic carbocycles. The number of carbonyl (C=O) groups is 1. The van der Waals surface area contributed by atoms with Gasteiger partial charge in [-0.1, -0.05) is 67.1 Å². The number of esters is 1. The molecule has 0 saturated carbocycles. The van der Waals surface area contributed by atoms with Crippen LogP contribution < -0.4 is 0 Å². The van der Waals surface area contributed by atoms with Crippen molar-refractivity contribution in [3.05, 3.63) is 71.8 Å². The van der Waals surface area contributed by atoms with Crippen LogP contribution in [-0.2, 0) is 22.4 Å². The van der Waals surface area contributed by atoms with E-state index in [9.17, 15) is 4.79 Å². The molecule has 0 unspecified atom stereocenters. The predicted molar refractivity (Wildman–Crippen MR) is 89.7 cm³/mol. The van der Waals surface area contributed by atoms with Gasteiger partial charge >= 0.3 is 5.97 Å². The molecule has 0 atom stereocenters. The molecule has 0 aliphatic heterocycles. The van der Waals surface area contributed by atoms with Crippen molar-refractivity contribution in [3.8, 4) is 0 Å². The average molecular weight is 296 g/mol. The molecule has 0 spiro atoms. The third-order valence-electron chi connectivity index (χ3n) is 3.69. The Morgan fingerprint density at radius 3 is 1.95 bits per heavy atom. The van der Waals surface area contributed by atoms with Gasteiger partial charge in [0.1, 0.15) is 0 Å². The van der Waals surface area contributed by atoms with Gasteiger partial charge in [0.25, 0.3) is 0 Å². The van der Waals surface area contributed by atoms with Crippen molar-refractivity contribution in [3.63, 3.8) is 0 Å². The Kier molecular flexibility index (Phi) is 7.24. The highest BCUT2D eigenvalue weighted by Gasteiger charge is 2.03. The first-order chi connectivity index (χ1) is 10.8. The highest BCUT2D eigenvalue weighted by molar-refractivity contribution is 5.69. The van der Waals surface area contributed by atoms with Crippen LogP contribution in [0.5, 0.6) is 0 Å². The Morgan fingerprint density at radius 2 is 1.32 bits per heavy atom. The van der Waals surface area contributed by atoms with Crippen molar-refractivity contribution in [1.82, 2.24) is 0 Å². The van der Waals surface area contributed by atoms with E-state index in [1.165, 1.54) is 11.1 Å². The van der Waals surface area contributed by atoms with Crippen LogP contribution in [0.25, 0.3) is 0 Å². The van der Waals surface area contributed by atoms with Gasteiger partial charge in [-0.25, -0.2) is 0 Å². The fraction of sp³-hybridized carbons (Fsp3) is 0.350. The lowest BCUT2D eigenvalue weighted by molar-refractivity contribution is -0.143. The molecule has 0 bridgehead atoms. The van der Waals surface area contributed by atoms with Crippen molar-refractivity contribution in [1.29, 1.82) is 0 Å². The van der Waals surface area contributed by atoms with Crippen LogP contribution in [-0.4, -0.2) is 12.6 Å². The first-order valence-corrected chi connectivity index (χ1v) is 8.08. The Morgan fingerprint density at radius 1 is 0.727 bits per heavy atom. The number of benzene rings is 2. The first kappa shape index (κ1) is 16.3. The molecule has 0 radical (unpaired) electrons. The van der Waals surface area contributed by atoms with Gasteiger partial charge in [0, 0.05) is 12.8 Å². The standard InChI is InChI=1S/C20H24O2/c21-20(22-17-16-19-13-6-2-7-14-19)15-9-3-8-12-18-10-4-1-5-11-18/h1-2,4-7,10-11,13-14H,3,8-9,12,15-17H2. The third kappa shape index (κ3) is 6.57. The average Bonchev–Trinajstić information content (AvgIpc) is 2.56. The Bertz CT molecular complexity index is 534. The zero-order chi connectivity index (χ0) is 15.5. The van der Waals surface area contributed by atoms with Gasteiger partial charge < -0.3 is 4.74 Å². The SMILES string of the molecule is O=C(CCCCCc1ccccc1)OCCc1ccccc1. The smallest absolute Gasteiger partial charge is 0.305 e. The Labute approximate surface area is 133 Å². The topological polar surface area (TPSA) is 26.3 Å². The summed E-state index contributed by atoms with van der Waals surface area (Å²) in [5.74, 6) is -0.0735. The third-order valence-corrected chi connectivity index (χ3v) is 3.69. The van der Waals surface area contributed by atoms with E-state index >= 15 is 0 Å². The van der Waals surface area contributed by atoms with Crippen LogP contribution in [0.15, 0.2) is 60.7 Å². The van der Waals surface area contributed by atoms with Crippen LogP contribution in [0.3, 0.4) is 0 Å². The zero-order valence-corrected chi connectivity index (χ0v) is 13.0. The molecule has 0 heterocycles. The zero-order valence-electron chi connectivity index (χ0n) is 13.0. The minimum atomic E-state index is -0.0735. The number of carbonyl (C=O) groups excluding carboxylic acids is 1. The first-order valence-electron chi connectivity index (χ1n) is 8.08. The van der Waals surface area contributed by atoms with E-state index in [-0.39, 0.29) is 5.97 Å². The number of unbranched alkanes of at least 4 members (excludes halogenated alkanes) is 2. The van der Waals surface area contributed by atoms with Crippen molar-refractivity contribution in [2.75, 3.05) is 6.61 Å². The van der Waals surface area contributed by atoms with Crippen LogP contribution in [0, 0.1) is 0 Å². The number of aryl methyl sites for hydroxylation is 1. The van der Waals surface area contributed by atoms with Gasteiger partial charge in [-0.2, -0.15) is 0 Å². The lowest BCUT2D eigenvalue weighted by Crippen LogP contribution is -2.07. The van der Waals surface area contributed by atoms with E-state index in [0.29, 0.717) is 13.0 Å². The summed E-state index contributed by atoms with van der Waals surface area (Å²) in [7, 11) is 0. The van der Waals surface area contributed by atoms with Crippen molar-refractivity contribution < 1.29 is 9.53 Å². The Balaban J connectivity index is 1.49. The molecule has 0 amide bonds. The van der Waals surface area contributed by atoms with E-state index in [4.69, 9.17) is 4.74 Å². The van der Waals surface area contributed by atoms with Gasteiger partial charge in [-0.15, -0.1) is 0 Å². The summed E-state index contributed by atoms with van der Waals surface area (Å²) in [4.78, 5) is 11.6. The van der Waals surface area contributed by atoms with Crippen LogP contribution in [0.1, 0.15) is 36.8 Å². The van der Waals surface area contributed by atoms with Gasteiger partial charge in [0.15, 0.2) is 0 Å². The fourth-order valence-corrected chi connectivity index (χ4v) is 2.42. The summed E-state index contributed by atoms with van der Waals surface area (Å²) in [6.45, 7) is 0.479. The molecule has 0 aliphatic rings. The maximum atomic E-state index is 11.6. The normalized spacial score (nSPS) is 10.4. The van der Waals surface area contributed by atoms with Gasteiger partial charge in [-0.3, -0.25) is 4.79 Å². The highest BCUT2D eigenvalue weighted by Crippen LogP contribution is 2.08. The number of hydrogen-bond acceptors (Lipinski definition) is 2. The van der Waals surface area contributed by atoms with Gasteiger partial charge in [0.2, 0.25) is 0 Å². The quantitative estimate of drug-likeness (QED) is 0.500. The lowest BCUT2D eigenvalue weighted by atomic mass is 10.1. The van der Waals surface area contributed by atoms with Gasteiger partial charge in [-0.05, 0) is 30.4 Å². The second-order valence-corrected chi connectivity index (χ2v) is 5.50. The number of ether oxygens (including phenoxy) is 1. The predicted octanol–water partition coefficient (Wildman–Crippen LogP) is 4.58. The van der Waals surface area contributed by atoms with E-state index in [1.807, 2.05) is 24.3 Å². The number of hydrogen-bond donors (Lipinski definition) is 0. The van der Waals surface area contributed by atoms with Gasteiger partial charge in [0.05, 0.1) is 6.61 Å². The van der Waals surface area contributed by atoms with Crippen LogP contribution in [0.4, 0.5) is 0 Å². The molecule has 2 nitrogen and oxygen atoms in total. The molecular weight excluding hydrogens is 272 g/mol. The maximum Gasteiger partial charge on any atom is 0.305 e. The van der Waals surface area contributed by atoms with Crippen LogP contribution in [0.2, 0.25) is 0 Å². The molecule has 0 aromatic heterocycles. The molecule has 0 fully saturated rings. The molecule has 0 N–H and O–H groups in total. The summed E-state index contributed by atoms with van der Waals surface area (Å²) in [5.41, 5.74) is 2.58. The minimum absolute atomic E-state index is 0.0735. The van der Waals surface area contributed by atoms with E-state index in [1.54, 1.807) is 0 Å². The maximum absolute atomic E-state index is 11.6. The monoisotopic (exact) mass is 296 g/mol. The fourth-order valence-electron chi connectivity index (χ4n) is 2.42. The number of rotatable bonds is 9. The summed E-state index contributed by atoms with van der Waals surface area (Å²) in [6, 6.07) is 20.6. The van der Waals surface area contributed by atoms with Crippen molar-refractivity contribution >= 4 is 5.97 Å². The van der Waals surface area contributed by atoms with Crippen LogP contribution >= 0.6 is 0 Å². The Hall–Kier alpha value is -2.09. The molecule has 0 aliphatic carbocycles. The second-order valence-electron chi connectivity index (χ2n) is 5.50. The molecule has 0 saturated heterocycles. The van der Waals surface area contributed by atoms with Crippen molar-refractivity contribution in [2.24, 2.45) is 0 Å². The molecular formula is C20H24O2. The lowest BCUT2D eigenvalue weighted by Gasteiger charge is -2.05. The van der Waals surface area contributed by atoms with E-state index in [0.717, 1.165) is 32.1 Å². The summed E-state index contributed by atoms with van der Waals surface area (Å²) >= 11 is 0. The molecule has 2 heteroatoms. The molecule has 2 aromatic rings. The molecule has 116 valence electrons. The summed E-state index contributed by atoms with van der Waals surface area (Å²) in [6.07, 6.45) is 5.52. The summed E-state index contributed by atoms with van der Waals surface area (Å²) < 4.78 is 5.27. The second kappa shape index (κ2) is 9.78. The summed E-state index contributed by atoms with van der Waals surface area (Å²) in [5, 5.41) is 0. The van der Waals surface area contributed by atoms with Crippen molar-refractivity contribution in [2.45, 2.75) is 38.5 Å². The minimum Gasteiger partial charge on any atom is -0.465 e. The highest BCUT2D eigenvalue weighted by atomic mass is 16.5. The van der Waals surface area contributed by atoms with E-state index in [2.05, 4.69) is 36.4 Å². The molecule has 2 rings (SSSR count). The van der Waals surface area contributed by atoms with E-state index < -0.39 is 0 Å².